The van der Waals surface area contributed by atoms with Gasteiger partial charge in [0, 0.05) is 12.0 Å². The third-order valence-electron chi connectivity index (χ3n) is 3.85. The van der Waals surface area contributed by atoms with Gasteiger partial charge >= 0.3 is 6.18 Å². The lowest BCUT2D eigenvalue weighted by Gasteiger charge is -2.16. The first-order valence-electron chi connectivity index (χ1n) is 8.25. The minimum Gasteiger partial charge on any atom is -0.368 e. The molecule has 2 aromatic carbocycles. The molecule has 0 aliphatic carbocycles. The Labute approximate surface area is 158 Å². The van der Waals surface area contributed by atoms with Gasteiger partial charge < -0.3 is 16.4 Å². The lowest BCUT2D eigenvalue weighted by Crippen LogP contribution is -2.49. The summed E-state index contributed by atoms with van der Waals surface area (Å²) in [5, 5.41) is 4.77. The van der Waals surface area contributed by atoms with Gasteiger partial charge in [-0.05, 0) is 29.8 Å². The molecule has 0 spiro atoms. The number of hydrogen-bond donors (Lipinski definition) is 3. The Morgan fingerprint density at radius 2 is 1.57 bits per heavy atom. The highest BCUT2D eigenvalue weighted by atomic mass is 19.4. The average Bonchev–Trinajstić information content (AvgIpc) is 2.66. The van der Waals surface area contributed by atoms with Crippen LogP contribution in [0.2, 0.25) is 0 Å². The van der Waals surface area contributed by atoms with E-state index >= 15 is 0 Å². The second-order valence-corrected chi connectivity index (χ2v) is 5.97. The second kappa shape index (κ2) is 9.03. The molecule has 0 heterocycles. The lowest BCUT2D eigenvalue weighted by atomic mass is 10.0. The highest BCUT2D eigenvalue weighted by Gasteiger charge is 2.30. The smallest absolute Gasteiger partial charge is 0.368 e. The Kier molecular flexibility index (Phi) is 6.75. The number of hydrogen-bond acceptors (Lipinski definition) is 3. The number of halogens is 3. The monoisotopic (exact) mass is 393 g/mol. The van der Waals surface area contributed by atoms with Crippen LogP contribution < -0.4 is 16.4 Å². The summed E-state index contributed by atoms with van der Waals surface area (Å²) in [6, 6.07) is 11.3. The van der Waals surface area contributed by atoms with Gasteiger partial charge in [-0.15, -0.1) is 0 Å². The fraction of sp³-hybridized carbons (Fsp3) is 0.211. The molecule has 0 unspecified atom stereocenters. The lowest BCUT2D eigenvalue weighted by molar-refractivity contribution is -0.137. The SMILES string of the molecule is NC(=O)[C@H](Cc1ccc(C(F)(F)F)cc1)NC(=O)CNC(=O)c1ccccc1. The van der Waals surface area contributed by atoms with Crippen LogP contribution >= 0.6 is 0 Å². The average molecular weight is 393 g/mol. The number of nitrogens with one attached hydrogen (secondary N) is 2. The van der Waals surface area contributed by atoms with Crippen molar-refractivity contribution in [1.29, 1.82) is 0 Å². The fourth-order valence-corrected chi connectivity index (χ4v) is 2.39. The fourth-order valence-electron chi connectivity index (χ4n) is 2.39. The summed E-state index contributed by atoms with van der Waals surface area (Å²) in [5.74, 6) is -1.96. The molecule has 0 aliphatic heterocycles. The van der Waals surface area contributed by atoms with Gasteiger partial charge in [-0.1, -0.05) is 30.3 Å². The van der Waals surface area contributed by atoms with E-state index in [2.05, 4.69) is 10.6 Å². The predicted octanol–water partition coefficient (Wildman–Crippen LogP) is 1.65. The maximum absolute atomic E-state index is 12.6. The summed E-state index contributed by atoms with van der Waals surface area (Å²) < 4.78 is 37.8. The summed E-state index contributed by atoms with van der Waals surface area (Å²) in [7, 11) is 0. The van der Waals surface area contributed by atoms with Crippen LogP contribution in [0.3, 0.4) is 0 Å². The Hall–Kier alpha value is -3.36. The summed E-state index contributed by atoms with van der Waals surface area (Å²) in [6.07, 6.45) is -4.54. The highest BCUT2D eigenvalue weighted by Crippen LogP contribution is 2.29. The zero-order valence-corrected chi connectivity index (χ0v) is 14.6. The minimum atomic E-state index is -4.47. The van der Waals surface area contributed by atoms with Crippen LogP contribution in [0.1, 0.15) is 21.5 Å². The van der Waals surface area contributed by atoms with Crippen LogP contribution in [0.25, 0.3) is 0 Å². The van der Waals surface area contributed by atoms with Crippen molar-refractivity contribution in [3.05, 3.63) is 71.3 Å². The molecular weight excluding hydrogens is 375 g/mol. The van der Waals surface area contributed by atoms with Crippen LogP contribution in [-0.4, -0.2) is 30.3 Å². The molecule has 1 atom stereocenters. The molecule has 0 fully saturated rings. The van der Waals surface area contributed by atoms with Crippen LogP contribution in [0.5, 0.6) is 0 Å². The van der Waals surface area contributed by atoms with Gasteiger partial charge in [0.25, 0.3) is 5.91 Å². The molecular formula is C19H18F3N3O3. The van der Waals surface area contributed by atoms with Gasteiger partial charge in [0.05, 0.1) is 12.1 Å². The quantitative estimate of drug-likeness (QED) is 0.667. The van der Waals surface area contributed by atoms with Crippen molar-refractivity contribution in [2.24, 2.45) is 5.73 Å². The molecule has 3 amide bonds. The van der Waals surface area contributed by atoms with E-state index in [-0.39, 0.29) is 13.0 Å². The van der Waals surface area contributed by atoms with Gasteiger partial charge in [0.2, 0.25) is 11.8 Å². The Morgan fingerprint density at radius 3 is 2.11 bits per heavy atom. The van der Waals surface area contributed by atoms with Crippen LogP contribution in [-0.2, 0) is 22.2 Å². The highest BCUT2D eigenvalue weighted by molar-refractivity contribution is 5.97. The molecule has 6 nitrogen and oxygen atoms in total. The molecule has 9 heteroatoms. The molecule has 148 valence electrons. The van der Waals surface area contributed by atoms with Gasteiger partial charge in [-0.2, -0.15) is 13.2 Å². The standard InChI is InChI=1S/C19H18F3N3O3/c20-19(21,22)14-8-6-12(7-9-14)10-15(17(23)27)25-16(26)11-24-18(28)13-4-2-1-3-5-13/h1-9,15H,10-11H2,(H2,23,27)(H,24,28)(H,25,26)/t15-/m0/s1. The van der Waals surface area contributed by atoms with E-state index in [1.54, 1.807) is 30.3 Å². The minimum absolute atomic E-state index is 0.0775. The van der Waals surface area contributed by atoms with Crippen LogP contribution in [0, 0.1) is 0 Å². The Bertz CT molecular complexity index is 837. The van der Waals surface area contributed by atoms with Crippen molar-refractivity contribution < 1.29 is 27.6 Å². The molecule has 2 aromatic rings. The molecule has 0 aliphatic rings. The van der Waals surface area contributed by atoms with E-state index in [0.29, 0.717) is 11.1 Å². The molecule has 0 bridgehead atoms. The van der Waals surface area contributed by atoms with Crippen LogP contribution in [0.15, 0.2) is 54.6 Å². The van der Waals surface area contributed by atoms with E-state index in [1.165, 1.54) is 12.1 Å². The molecule has 2 rings (SSSR count). The van der Waals surface area contributed by atoms with Crippen molar-refractivity contribution in [1.82, 2.24) is 10.6 Å². The van der Waals surface area contributed by atoms with Crippen molar-refractivity contribution in [3.8, 4) is 0 Å². The predicted molar refractivity (Wildman–Crippen MR) is 95.0 cm³/mol. The zero-order valence-electron chi connectivity index (χ0n) is 14.6. The van der Waals surface area contributed by atoms with E-state index in [0.717, 1.165) is 12.1 Å². The Morgan fingerprint density at radius 1 is 0.964 bits per heavy atom. The van der Waals surface area contributed by atoms with Crippen molar-refractivity contribution in [2.75, 3.05) is 6.54 Å². The molecule has 4 N–H and O–H groups in total. The van der Waals surface area contributed by atoms with E-state index in [9.17, 15) is 27.6 Å². The van der Waals surface area contributed by atoms with E-state index < -0.39 is 35.5 Å². The molecule has 0 saturated heterocycles. The third-order valence-corrected chi connectivity index (χ3v) is 3.85. The first-order valence-corrected chi connectivity index (χ1v) is 8.25. The summed E-state index contributed by atoms with van der Waals surface area (Å²) >= 11 is 0. The maximum atomic E-state index is 12.6. The van der Waals surface area contributed by atoms with Gasteiger partial charge in [-0.3, -0.25) is 14.4 Å². The molecule has 0 radical (unpaired) electrons. The van der Waals surface area contributed by atoms with E-state index in [4.69, 9.17) is 5.73 Å². The number of benzene rings is 2. The number of nitrogens with two attached hydrogens (primary N) is 1. The van der Waals surface area contributed by atoms with Gasteiger partial charge in [0.15, 0.2) is 0 Å². The maximum Gasteiger partial charge on any atom is 0.416 e. The summed E-state index contributed by atoms with van der Waals surface area (Å²) in [6.45, 7) is -0.384. The van der Waals surface area contributed by atoms with Gasteiger partial charge in [-0.25, -0.2) is 0 Å². The summed E-state index contributed by atoms with van der Waals surface area (Å²) in [5.41, 5.74) is 5.20. The normalized spacial score (nSPS) is 12.1. The zero-order chi connectivity index (χ0) is 20.7. The van der Waals surface area contributed by atoms with Crippen molar-refractivity contribution in [3.63, 3.8) is 0 Å². The number of carbonyl (C=O) groups is 3. The summed E-state index contributed by atoms with van der Waals surface area (Å²) in [4.78, 5) is 35.5. The number of carbonyl (C=O) groups excluding carboxylic acids is 3. The largest absolute Gasteiger partial charge is 0.416 e. The van der Waals surface area contributed by atoms with E-state index in [1.807, 2.05) is 0 Å². The molecule has 0 saturated carbocycles. The number of primary amides is 1. The second-order valence-electron chi connectivity index (χ2n) is 5.97. The Balaban J connectivity index is 1.92. The first-order chi connectivity index (χ1) is 13.2. The van der Waals surface area contributed by atoms with Crippen molar-refractivity contribution >= 4 is 17.7 Å². The third kappa shape index (κ3) is 6.11. The molecule has 28 heavy (non-hydrogen) atoms. The number of alkyl halides is 3. The number of rotatable bonds is 7. The van der Waals surface area contributed by atoms with Gasteiger partial charge in [0.1, 0.15) is 6.04 Å². The van der Waals surface area contributed by atoms with Crippen LogP contribution in [0.4, 0.5) is 13.2 Å². The molecule has 0 aromatic heterocycles. The topological polar surface area (TPSA) is 101 Å². The van der Waals surface area contributed by atoms with Crippen molar-refractivity contribution in [2.45, 2.75) is 18.6 Å². The first kappa shape index (κ1) is 20.9. The number of amides is 3.